The van der Waals surface area contributed by atoms with Crippen molar-refractivity contribution in [2.45, 2.75) is 63.2 Å². The molecule has 0 saturated carbocycles. The number of benzene rings is 1. The van der Waals surface area contributed by atoms with E-state index in [1.807, 2.05) is 40.0 Å². The van der Waals surface area contributed by atoms with E-state index in [0.717, 1.165) is 13.1 Å². The van der Waals surface area contributed by atoms with Crippen molar-refractivity contribution in [1.29, 1.82) is 0 Å². The van der Waals surface area contributed by atoms with Crippen molar-refractivity contribution in [1.82, 2.24) is 14.5 Å². The summed E-state index contributed by atoms with van der Waals surface area (Å²) in [6.07, 6.45) is 3.91. The average molecular weight is 578 g/mol. The lowest BCUT2D eigenvalue weighted by atomic mass is 9.91. The molecule has 11 heteroatoms. The number of hydrogen-bond acceptors (Lipinski definition) is 8. The maximum absolute atomic E-state index is 13.0. The molecule has 0 unspecified atom stereocenters. The summed E-state index contributed by atoms with van der Waals surface area (Å²) in [4.78, 5) is 29.7. The zero-order valence-electron chi connectivity index (χ0n) is 24.1. The molecule has 5 atom stereocenters. The minimum atomic E-state index is -3.62. The van der Waals surface area contributed by atoms with Crippen LogP contribution < -0.4 is 4.72 Å². The van der Waals surface area contributed by atoms with Crippen molar-refractivity contribution in [2.75, 3.05) is 40.3 Å². The number of cyclic esters (lactones) is 1. The highest BCUT2D eigenvalue weighted by Gasteiger charge is 2.29. The van der Waals surface area contributed by atoms with Gasteiger partial charge in [-0.3, -0.25) is 4.79 Å². The number of amides is 1. The first-order valence-corrected chi connectivity index (χ1v) is 15.3. The molecule has 2 N–H and O–H groups in total. The first kappa shape index (κ1) is 31.8. The van der Waals surface area contributed by atoms with Crippen molar-refractivity contribution < 1.29 is 32.6 Å². The highest BCUT2D eigenvalue weighted by molar-refractivity contribution is 7.89. The second kappa shape index (κ2) is 14.2. The molecule has 2 heterocycles. The molecule has 222 valence electrons. The first-order chi connectivity index (χ1) is 18.9. The molecule has 0 bridgehead atoms. The number of aliphatic hydroxyl groups excluding tert-OH is 1. The summed E-state index contributed by atoms with van der Waals surface area (Å²) >= 11 is 0. The Labute approximate surface area is 238 Å². The van der Waals surface area contributed by atoms with Gasteiger partial charge in [0, 0.05) is 32.1 Å². The summed E-state index contributed by atoms with van der Waals surface area (Å²) in [5.41, 5.74) is 1.34. The molecule has 3 rings (SSSR count). The highest BCUT2D eigenvalue weighted by Crippen LogP contribution is 2.26. The molecular weight excluding hydrogens is 534 g/mol. The minimum absolute atomic E-state index is 0.0723. The van der Waals surface area contributed by atoms with E-state index in [1.54, 1.807) is 29.2 Å². The smallest absolute Gasteiger partial charge is 0.410 e. The Kier molecular flexibility index (Phi) is 11.3. The van der Waals surface area contributed by atoms with Crippen LogP contribution in [0, 0.1) is 11.8 Å². The Morgan fingerprint density at radius 3 is 2.52 bits per heavy atom. The summed E-state index contributed by atoms with van der Waals surface area (Å²) in [6, 6.07) is 6.48. The van der Waals surface area contributed by atoms with Crippen LogP contribution in [0.25, 0.3) is 6.08 Å². The van der Waals surface area contributed by atoms with Gasteiger partial charge in [0.1, 0.15) is 12.2 Å². The van der Waals surface area contributed by atoms with Gasteiger partial charge in [0.15, 0.2) is 0 Å². The van der Waals surface area contributed by atoms with Crippen LogP contribution in [0.3, 0.4) is 0 Å². The lowest BCUT2D eigenvalue weighted by Gasteiger charge is -2.33. The number of likely N-dealkylation sites (N-methyl/N-ethyl adjacent to an activating group) is 1. The molecule has 10 nitrogen and oxygen atoms in total. The molecule has 0 spiro atoms. The predicted molar refractivity (Wildman–Crippen MR) is 153 cm³/mol. The number of nitrogens with one attached hydrogen (secondary N) is 1. The van der Waals surface area contributed by atoms with E-state index in [-0.39, 0.29) is 29.2 Å². The van der Waals surface area contributed by atoms with Crippen molar-refractivity contribution >= 4 is 28.2 Å². The molecular formula is C29H43N3O7S. The molecule has 2 aliphatic rings. The third-order valence-electron chi connectivity index (χ3n) is 7.54. The third kappa shape index (κ3) is 8.89. The van der Waals surface area contributed by atoms with Gasteiger partial charge < -0.3 is 24.4 Å². The number of sulfonamides is 1. The van der Waals surface area contributed by atoms with Gasteiger partial charge in [0.05, 0.1) is 17.4 Å². The normalized spacial score (nSPS) is 28.6. The van der Waals surface area contributed by atoms with E-state index in [9.17, 15) is 23.1 Å². The van der Waals surface area contributed by atoms with Crippen LogP contribution in [0.4, 0.5) is 4.79 Å². The zero-order valence-corrected chi connectivity index (χ0v) is 24.9. The molecule has 0 aromatic heterocycles. The third-order valence-corrected chi connectivity index (χ3v) is 8.95. The highest BCUT2D eigenvalue weighted by atomic mass is 32.2. The van der Waals surface area contributed by atoms with Crippen molar-refractivity contribution in [3.05, 3.63) is 47.6 Å². The van der Waals surface area contributed by atoms with Gasteiger partial charge in [-0.05, 0) is 69.1 Å². The average Bonchev–Trinajstić information content (AvgIpc) is 2.92. The predicted octanol–water partition coefficient (Wildman–Crippen LogP) is 3.04. The summed E-state index contributed by atoms with van der Waals surface area (Å²) < 4.78 is 38.6. The number of piperazine rings is 1. The second-order valence-electron chi connectivity index (χ2n) is 10.9. The Morgan fingerprint density at radius 1 is 1.15 bits per heavy atom. The Hall–Kier alpha value is -2.73. The van der Waals surface area contributed by atoms with Gasteiger partial charge in [0.25, 0.3) is 0 Å². The van der Waals surface area contributed by atoms with E-state index < -0.39 is 34.3 Å². The molecule has 0 aliphatic carbocycles. The number of aliphatic hydroxyl groups is 1. The van der Waals surface area contributed by atoms with E-state index in [0.29, 0.717) is 37.1 Å². The van der Waals surface area contributed by atoms with E-state index in [1.165, 1.54) is 13.1 Å². The summed E-state index contributed by atoms with van der Waals surface area (Å²) in [5, 5.41) is 10.5. The van der Waals surface area contributed by atoms with Crippen LogP contribution >= 0.6 is 0 Å². The summed E-state index contributed by atoms with van der Waals surface area (Å²) in [6.45, 7) is 8.48. The number of esters is 1. The fraction of sp³-hybridized carbons (Fsp3) is 0.586. The van der Waals surface area contributed by atoms with Crippen LogP contribution in [0.2, 0.25) is 0 Å². The number of hydrogen-bond donors (Lipinski definition) is 2. The lowest BCUT2D eigenvalue weighted by molar-refractivity contribution is -0.151. The van der Waals surface area contributed by atoms with Crippen molar-refractivity contribution in [3.8, 4) is 0 Å². The lowest BCUT2D eigenvalue weighted by Crippen LogP contribution is -2.48. The van der Waals surface area contributed by atoms with Crippen molar-refractivity contribution in [2.24, 2.45) is 11.8 Å². The summed E-state index contributed by atoms with van der Waals surface area (Å²) in [5.74, 6) is -0.877. The Morgan fingerprint density at radius 2 is 1.85 bits per heavy atom. The van der Waals surface area contributed by atoms with Gasteiger partial charge in [-0.1, -0.05) is 38.1 Å². The number of carbonyl (C=O) groups excluding carboxylic acids is 2. The largest absolute Gasteiger partial charge is 0.457 e. The molecule has 1 saturated heterocycles. The van der Waals surface area contributed by atoms with Crippen LogP contribution in [0.1, 0.15) is 45.6 Å². The fourth-order valence-corrected chi connectivity index (χ4v) is 5.65. The molecule has 1 amide bonds. The van der Waals surface area contributed by atoms with Crippen LogP contribution in [0.5, 0.6) is 0 Å². The number of nitrogens with zero attached hydrogens (tertiary/aromatic N) is 2. The molecule has 2 aliphatic heterocycles. The zero-order chi connectivity index (χ0) is 29.4. The maximum Gasteiger partial charge on any atom is 0.410 e. The minimum Gasteiger partial charge on any atom is -0.457 e. The number of rotatable bonds is 5. The van der Waals surface area contributed by atoms with E-state index >= 15 is 0 Å². The molecule has 1 fully saturated rings. The quantitative estimate of drug-likeness (QED) is 0.404. The number of ether oxygens (including phenoxy) is 2. The molecule has 1 aromatic carbocycles. The maximum atomic E-state index is 13.0. The Balaban J connectivity index is 1.87. The standard InChI is InChI=1S/C29H43N3O7S/c1-20-9-11-24(33)19-27(34)39-28(22(3)17-23-7-6-8-25(18-23)40(36,37)30-4)21(2)10-12-26(20)38-29(35)32-15-13-31(5)14-16-32/h6-8,10,12,17-18,20-21,24,26,28,30,33H,9,11,13-16,19H2,1-5H3/b12-10+,22-17+/t20-,21+,24+,26-,28+/m1/s1. The van der Waals surface area contributed by atoms with Crippen LogP contribution in [-0.4, -0.2) is 94.0 Å². The van der Waals surface area contributed by atoms with Crippen LogP contribution in [-0.2, 0) is 24.3 Å². The topological polar surface area (TPSA) is 125 Å². The number of carbonyl (C=O) groups is 2. The summed E-state index contributed by atoms with van der Waals surface area (Å²) in [7, 11) is -0.242. The monoisotopic (exact) mass is 577 g/mol. The van der Waals surface area contributed by atoms with E-state index in [4.69, 9.17) is 9.47 Å². The second-order valence-corrected chi connectivity index (χ2v) is 12.8. The molecule has 0 radical (unpaired) electrons. The van der Waals surface area contributed by atoms with Crippen molar-refractivity contribution in [3.63, 3.8) is 0 Å². The molecule has 1 aromatic rings. The van der Waals surface area contributed by atoms with Gasteiger partial charge in [-0.25, -0.2) is 17.9 Å². The van der Waals surface area contributed by atoms with Gasteiger partial charge in [0.2, 0.25) is 10.0 Å². The fourth-order valence-electron chi connectivity index (χ4n) is 4.86. The first-order valence-electron chi connectivity index (χ1n) is 13.8. The van der Waals surface area contributed by atoms with Crippen LogP contribution in [0.15, 0.2) is 46.9 Å². The van der Waals surface area contributed by atoms with Gasteiger partial charge in [-0.2, -0.15) is 0 Å². The molecule has 40 heavy (non-hydrogen) atoms. The Bertz CT molecular complexity index is 1190. The SMILES string of the molecule is CNS(=O)(=O)c1cccc(/C=C(\C)[C@H]2OC(=O)C[C@@H](O)CC[C@@H](C)[C@H](OC(=O)N3CCN(C)CC3)/C=C/[C@@H]2C)c1. The van der Waals surface area contributed by atoms with Gasteiger partial charge >= 0.3 is 12.1 Å². The van der Waals surface area contributed by atoms with E-state index in [2.05, 4.69) is 9.62 Å². The van der Waals surface area contributed by atoms with Gasteiger partial charge in [-0.15, -0.1) is 0 Å².